The number of carbonyl (C=O) groups excluding carboxylic acids is 2. The van der Waals surface area contributed by atoms with Gasteiger partial charge in [0.15, 0.2) is 0 Å². The Morgan fingerprint density at radius 2 is 1.76 bits per heavy atom. The molecule has 3 N–H and O–H groups in total. The molecule has 2 aromatic heterocycles. The first-order valence-electron chi connectivity index (χ1n) is 11.8. The van der Waals surface area contributed by atoms with Crippen LogP contribution in [-0.2, 0) is 5.41 Å². The lowest BCUT2D eigenvalue weighted by atomic mass is 9.92. The molecule has 38 heavy (non-hydrogen) atoms. The summed E-state index contributed by atoms with van der Waals surface area (Å²) in [6, 6.07) is 15.6. The van der Waals surface area contributed by atoms with E-state index >= 15 is 0 Å². The number of pyridine rings is 1. The number of urea groups is 1. The van der Waals surface area contributed by atoms with Crippen molar-refractivity contribution < 1.29 is 18.7 Å². The zero-order chi connectivity index (χ0) is 27.4. The van der Waals surface area contributed by atoms with Gasteiger partial charge in [-0.3, -0.25) is 15.1 Å². The molecule has 195 valence electrons. The van der Waals surface area contributed by atoms with Crippen molar-refractivity contribution in [2.24, 2.45) is 0 Å². The number of amides is 3. The van der Waals surface area contributed by atoms with E-state index in [9.17, 15) is 14.0 Å². The van der Waals surface area contributed by atoms with Gasteiger partial charge in [-0.05, 0) is 42.8 Å². The second kappa shape index (κ2) is 10.7. The van der Waals surface area contributed by atoms with E-state index in [1.54, 1.807) is 16.8 Å². The summed E-state index contributed by atoms with van der Waals surface area (Å²) in [6.45, 7) is 10.0. The van der Waals surface area contributed by atoms with Crippen molar-refractivity contribution >= 4 is 23.4 Å². The lowest BCUT2D eigenvalue weighted by Gasteiger charge is -2.14. The van der Waals surface area contributed by atoms with Crippen LogP contribution in [0.5, 0.6) is 11.5 Å². The Bertz CT molecular complexity index is 1490. The second-order valence-electron chi connectivity index (χ2n) is 9.53. The highest BCUT2D eigenvalue weighted by Crippen LogP contribution is 2.28. The number of anilines is 2. The number of ether oxygens (including phenoxy) is 1. The summed E-state index contributed by atoms with van der Waals surface area (Å²) >= 11 is 0. The molecule has 0 spiro atoms. The summed E-state index contributed by atoms with van der Waals surface area (Å²) in [5.74, 6) is -0.161. The fourth-order valence-electron chi connectivity index (χ4n) is 3.52. The minimum atomic E-state index is -0.702. The van der Waals surface area contributed by atoms with Gasteiger partial charge in [-0.15, -0.1) is 0 Å². The molecule has 0 unspecified atom stereocenters. The highest BCUT2D eigenvalue weighted by molar-refractivity contribution is 5.99. The van der Waals surface area contributed by atoms with Gasteiger partial charge in [0.2, 0.25) is 0 Å². The Hall–Kier alpha value is -4.73. The molecule has 2 aromatic carbocycles. The Labute approximate surface area is 220 Å². The first kappa shape index (κ1) is 26.3. The smallest absolute Gasteiger partial charge is 0.324 e. The average Bonchev–Trinajstić information content (AvgIpc) is 3.30. The molecule has 4 rings (SSSR count). The third-order valence-corrected chi connectivity index (χ3v) is 5.49. The number of nitrogens with zero attached hydrogens (tertiary/aromatic N) is 3. The number of halogens is 1. The third kappa shape index (κ3) is 6.15. The molecule has 0 fully saturated rings. The number of hydrogen-bond acceptors (Lipinski definition) is 5. The maximum Gasteiger partial charge on any atom is 0.324 e. The predicted octanol–water partition coefficient (Wildman–Crippen LogP) is 5.68. The lowest BCUT2D eigenvalue weighted by molar-refractivity contribution is 0.0957. The first-order chi connectivity index (χ1) is 18.0. The van der Waals surface area contributed by atoms with Crippen molar-refractivity contribution in [1.82, 2.24) is 20.1 Å². The number of benzene rings is 2. The highest BCUT2D eigenvalue weighted by Gasteiger charge is 2.22. The van der Waals surface area contributed by atoms with Gasteiger partial charge in [-0.1, -0.05) is 32.9 Å². The average molecular weight is 516 g/mol. The normalized spacial score (nSPS) is 11.1. The maximum atomic E-state index is 14.8. The predicted molar refractivity (Wildman–Crippen MR) is 143 cm³/mol. The van der Waals surface area contributed by atoms with Crippen molar-refractivity contribution in [3.8, 4) is 17.2 Å². The molecule has 0 aliphatic heterocycles. The van der Waals surface area contributed by atoms with Crippen molar-refractivity contribution in [3.05, 3.63) is 96.6 Å². The molecule has 0 bridgehead atoms. The summed E-state index contributed by atoms with van der Waals surface area (Å²) in [6.07, 6.45) is 1.42. The number of rotatable bonds is 6. The van der Waals surface area contributed by atoms with Crippen LogP contribution < -0.4 is 20.7 Å². The molecule has 1 radical (unpaired) electrons. The van der Waals surface area contributed by atoms with Gasteiger partial charge in [-0.2, -0.15) is 5.10 Å². The van der Waals surface area contributed by atoms with Gasteiger partial charge in [0.05, 0.1) is 17.1 Å². The summed E-state index contributed by atoms with van der Waals surface area (Å²) < 4.78 is 22.1. The Balaban J connectivity index is 1.50. The standard InChI is InChI=1S/C28H28FN6O3/c1-17-7-6-8-18(13-17)35-25(16-24(34-35)28(2,3)4)33-27(37)32-22-10-9-19(14-21(22)29)38-20-11-12-31-23(15-20)26(36)30-5/h6-16H,1H2,2-5H3,(H,30,36)(H2,32,33,37). The SMILES string of the molecule is [CH2]c1cccc(-n2nc(C(C)(C)C)cc2NC(=O)Nc2ccc(Oc3ccnc(C(=O)NC)c3)cc2F)c1. The molecule has 10 heteroatoms. The fourth-order valence-corrected chi connectivity index (χ4v) is 3.52. The molecule has 9 nitrogen and oxygen atoms in total. The highest BCUT2D eigenvalue weighted by atomic mass is 19.1. The van der Waals surface area contributed by atoms with Gasteiger partial charge >= 0.3 is 6.03 Å². The second-order valence-corrected chi connectivity index (χ2v) is 9.53. The summed E-state index contributed by atoms with van der Waals surface area (Å²) in [4.78, 5) is 28.6. The van der Waals surface area contributed by atoms with E-state index in [1.165, 1.54) is 31.4 Å². The van der Waals surface area contributed by atoms with Crippen LogP contribution in [0.3, 0.4) is 0 Å². The molecule has 2 heterocycles. The van der Waals surface area contributed by atoms with Gasteiger partial charge in [0.25, 0.3) is 5.91 Å². The van der Waals surface area contributed by atoms with Crippen molar-refractivity contribution in [2.75, 3.05) is 17.7 Å². The molecule has 0 aliphatic rings. The van der Waals surface area contributed by atoms with Gasteiger partial charge in [0, 0.05) is 36.9 Å². The van der Waals surface area contributed by atoms with E-state index in [0.29, 0.717) is 11.6 Å². The summed E-state index contributed by atoms with van der Waals surface area (Å²) in [5, 5.41) is 12.4. The quantitative estimate of drug-likeness (QED) is 0.306. The zero-order valence-electron chi connectivity index (χ0n) is 21.5. The number of hydrogen-bond donors (Lipinski definition) is 3. The molecule has 0 aliphatic carbocycles. The van der Waals surface area contributed by atoms with Crippen molar-refractivity contribution in [2.45, 2.75) is 26.2 Å². The van der Waals surface area contributed by atoms with Crippen molar-refractivity contribution in [3.63, 3.8) is 0 Å². The lowest BCUT2D eigenvalue weighted by Crippen LogP contribution is -2.22. The molecular formula is C28H28FN6O3. The van der Waals surface area contributed by atoms with E-state index in [4.69, 9.17) is 4.74 Å². The number of nitrogens with one attached hydrogen (secondary N) is 3. The number of carbonyl (C=O) groups is 2. The van der Waals surface area contributed by atoms with Crippen LogP contribution in [-0.4, -0.2) is 33.8 Å². The van der Waals surface area contributed by atoms with Crippen LogP contribution in [0.2, 0.25) is 0 Å². The van der Waals surface area contributed by atoms with Crippen molar-refractivity contribution in [1.29, 1.82) is 0 Å². The van der Waals surface area contributed by atoms with Gasteiger partial charge < -0.3 is 15.4 Å². The Morgan fingerprint density at radius 1 is 1.00 bits per heavy atom. The van der Waals surface area contributed by atoms with Crippen LogP contribution in [0.15, 0.2) is 66.9 Å². The van der Waals surface area contributed by atoms with E-state index in [0.717, 1.165) is 23.0 Å². The largest absolute Gasteiger partial charge is 0.457 e. The minimum absolute atomic E-state index is 0.0440. The molecule has 3 amide bonds. The Kier molecular flexibility index (Phi) is 7.43. The fraction of sp³-hybridized carbons (Fsp3) is 0.179. The maximum absolute atomic E-state index is 14.8. The Morgan fingerprint density at radius 3 is 2.45 bits per heavy atom. The van der Waals surface area contributed by atoms with Crippen LogP contribution in [0.1, 0.15) is 42.5 Å². The van der Waals surface area contributed by atoms with Crippen LogP contribution in [0.25, 0.3) is 5.69 Å². The minimum Gasteiger partial charge on any atom is -0.457 e. The van der Waals surface area contributed by atoms with Crippen LogP contribution in [0, 0.1) is 12.7 Å². The van der Waals surface area contributed by atoms with Gasteiger partial charge in [0.1, 0.15) is 28.8 Å². The first-order valence-corrected chi connectivity index (χ1v) is 11.8. The van der Waals surface area contributed by atoms with E-state index in [1.807, 2.05) is 45.0 Å². The molecule has 4 aromatic rings. The summed E-state index contributed by atoms with van der Waals surface area (Å²) in [7, 11) is 1.49. The molecule has 0 saturated heterocycles. The van der Waals surface area contributed by atoms with E-state index in [-0.39, 0.29) is 28.5 Å². The summed E-state index contributed by atoms with van der Waals surface area (Å²) in [5.41, 5.74) is 2.15. The molecule has 0 saturated carbocycles. The number of aromatic nitrogens is 3. The third-order valence-electron chi connectivity index (χ3n) is 5.49. The van der Waals surface area contributed by atoms with Gasteiger partial charge in [-0.25, -0.2) is 13.9 Å². The molecular weight excluding hydrogens is 487 g/mol. The zero-order valence-corrected chi connectivity index (χ0v) is 21.5. The van der Waals surface area contributed by atoms with Crippen LogP contribution >= 0.6 is 0 Å². The van der Waals surface area contributed by atoms with E-state index in [2.05, 4.69) is 33.0 Å². The monoisotopic (exact) mass is 515 g/mol. The topological polar surface area (TPSA) is 110 Å². The molecule has 0 atom stereocenters. The van der Waals surface area contributed by atoms with Crippen LogP contribution in [0.4, 0.5) is 20.7 Å². The van der Waals surface area contributed by atoms with E-state index < -0.39 is 11.8 Å².